The summed E-state index contributed by atoms with van der Waals surface area (Å²) in [5.41, 5.74) is 0. The molecule has 2 aliphatic carbocycles. The third-order valence-corrected chi connectivity index (χ3v) is 6.44. The molecule has 1 aromatic heterocycles. The summed E-state index contributed by atoms with van der Waals surface area (Å²) in [5.74, 6) is 0.317. The fourth-order valence-corrected chi connectivity index (χ4v) is 4.86. The van der Waals surface area contributed by atoms with E-state index < -0.39 is 0 Å². The Morgan fingerprint density at radius 2 is 1.46 bits per heavy atom. The molecule has 1 aromatic rings. The van der Waals surface area contributed by atoms with Gasteiger partial charge in [0.05, 0.1) is 0 Å². The molecule has 0 bridgehead atoms. The molecule has 144 valence electrons. The van der Waals surface area contributed by atoms with Crippen LogP contribution in [0.2, 0.25) is 0 Å². The summed E-state index contributed by atoms with van der Waals surface area (Å²) in [7, 11) is 0. The normalized spacial score (nSPS) is 19.7. The number of carbonyl (C=O) groups is 2. The van der Waals surface area contributed by atoms with Crippen LogP contribution in [0.5, 0.6) is 0 Å². The maximum atomic E-state index is 12.1. The number of hydrogen-bond acceptors (Lipinski definition) is 5. The van der Waals surface area contributed by atoms with Crippen molar-refractivity contribution in [3.8, 4) is 0 Å². The molecule has 26 heavy (non-hydrogen) atoms. The predicted octanol–water partition coefficient (Wildman–Crippen LogP) is 4.14. The Hall–Kier alpha value is -1.50. The fraction of sp³-hybridized carbons (Fsp3) is 0.789. The molecule has 0 unspecified atom stereocenters. The Bertz CT molecular complexity index is 590. The van der Waals surface area contributed by atoms with Crippen molar-refractivity contribution in [3.63, 3.8) is 0 Å². The van der Waals surface area contributed by atoms with E-state index in [0.717, 1.165) is 17.8 Å². The molecule has 0 atom stereocenters. The Morgan fingerprint density at radius 1 is 0.846 bits per heavy atom. The summed E-state index contributed by atoms with van der Waals surface area (Å²) >= 11 is 1.48. The summed E-state index contributed by atoms with van der Waals surface area (Å²) in [5, 5.41) is 15.8. The number of anilines is 1. The zero-order valence-electron chi connectivity index (χ0n) is 15.5. The van der Waals surface area contributed by atoms with Crippen LogP contribution in [0.4, 0.5) is 5.13 Å². The van der Waals surface area contributed by atoms with Crippen LogP contribution >= 0.6 is 11.3 Å². The third kappa shape index (κ3) is 6.04. The molecule has 0 radical (unpaired) electrons. The highest BCUT2D eigenvalue weighted by atomic mass is 32.1. The van der Waals surface area contributed by atoms with Crippen LogP contribution in [0.1, 0.15) is 94.4 Å². The lowest BCUT2D eigenvalue weighted by atomic mass is 9.90. The van der Waals surface area contributed by atoms with Gasteiger partial charge in [0.2, 0.25) is 16.9 Å². The number of amides is 2. The largest absolute Gasteiger partial charge is 0.353 e. The molecule has 0 aromatic carbocycles. The molecule has 2 amide bonds. The average molecular weight is 379 g/mol. The van der Waals surface area contributed by atoms with E-state index in [1.165, 1.54) is 69.1 Å². The first kappa shape index (κ1) is 19.3. The smallest absolute Gasteiger partial charge is 0.226 e. The summed E-state index contributed by atoms with van der Waals surface area (Å²) < 4.78 is 0. The van der Waals surface area contributed by atoms with Gasteiger partial charge in [0.15, 0.2) is 0 Å². The number of hydrogen-bond donors (Lipinski definition) is 2. The molecule has 2 saturated carbocycles. The van der Waals surface area contributed by atoms with Crippen molar-refractivity contribution in [2.24, 2.45) is 0 Å². The van der Waals surface area contributed by atoms with Crippen LogP contribution < -0.4 is 10.6 Å². The molecule has 0 aliphatic heterocycles. The molecule has 7 heteroatoms. The summed E-state index contributed by atoms with van der Waals surface area (Å²) in [4.78, 5) is 24.2. The number of carbonyl (C=O) groups excluding carboxylic acids is 2. The van der Waals surface area contributed by atoms with Gasteiger partial charge in [0.25, 0.3) is 0 Å². The lowest BCUT2D eigenvalue weighted by Gasteiger charge is -2.18. The van der Waals surface area contributed by atoms with Gasteiger partial charge >= 0.3 is 0 Å². The molecular weight excluding hydrogens is 348 g/mol. The van der Waals surface area contributed by atoms with Crippen LogP contribution in [-0.4, -0.2) is 28.1 Å². The molecule has 2 fully saturated rings. The minimum absolute atomic E-state index is 0.0211. The third-order valence-electron chi connectivity index (χ3n) is 5.44. The van der Waals surface area contributed by atoms with E-state index in [-0.39, 0.29) is 30.7 Å². The van der Waals surface area contributed by atoms with Gasteiger partial charge in [-0.1, -0.05) is 56.3 Å². The maximum absolute atomic E-state index is 12.1. The monoisotopic (exact) mass is 378 g/mol. The first-order valence-electron chi connectivity index (χ1n) is 10.1. The van der Waals surface area contributed by atoms with E-state index in [1.54, 1.807) is 0 Å². The Labute approximate surface area is 159 Å². The Morgan fingerprint density at radius 3 is 2.19 bits per heavy atom. The minimum atomic E-state index is -0.160. The second-order valence-corrected chi connectivity index (χ2v) is 8.59. The standard InChI is InChI=1S/C19H30N4O2S/c24-16(20-15-10-6-1-2-7-11-15)12-13-17(25)21-19-23-22-18(26-19)14-8-4-3-5-9-14/h14-15H,1-13H2,(H,20,24)(H,21,23,25). The van der Waals surface area contributed by atoms with Gasteiger partial charge in [-0.05, 0) is 25.7 Å². The van der Waals surface area contributed by atoms with E-state index in [0.29, 0.717) is 11.0 Å². The SMILES string of the molecule is O=C(CCC(=O)NC1CCCCCC1)Nc1nnc(C2CCCCC2)s1. The van der Waals surface area contributed by atoms with Crippen LogP contribution in [0.25, 0.3) is 0 Å². The van der Waals surface area contributed by atoms with Gasteiger partial charge in [-0.25, -0.2) is 0 Å². The quantitative estimate of drug-likeness (QED) is 0.729. The highest BCUT2D eigenvalue weighted by Gasteiger charge is 2.20. The van der Waals surface area contributed by atoms with Gasteiger partial charge in [-0.3, -0.25) is 9.59 Å². The van der Waals surface area contributed by atoms with Gasteiger partial charge in [-0.2, -0.15) is 0 Å². The van der Waals surface area contributed by atoms with Gasteiger partial charge in [-0.15, -0.1) is 10.2 Å². The van der Waals surface area contributed by atoms with Crippen molar-refractivity contribution in [1.29, 1.82) is 0 Å². The van der Waals surface area contributed by atoms with Crippen LogP contribution in [-0.2, 0) is 9.59 Å². The van der Waals surface area contributed by atoms with E-state index >= 15 is 0 Å². The van der Waals surface area contributed by atoms with Gasteiger partial charge < -0.3 is 10.6 Å². The van der Waals surface area contributed by atoms with Crippen molar-refractivity contribution in [2.75, 3.05) is 5.32 Å². The second-order valence-electron chi connectivity index (χ2n) is 7.58. The first-order valence-corrected chi connectivity index (χ1v) is 10.9. The van der Waals surface area contributed by atoms with Crippen LogP contribution in [0.15, 0.2) is 0 Å². The highest BCUT2D eigenvalue weighted by molar-refractivity contribution is 7.15. The second kappa shape index (κ2) is 10.00. The highest BCUT2D eigenvalue weighted by Crippen LogP contribution is 2.35. The van der Waals surface area contributed by atoms with Crippen molar-refractivity contribution in [3.05, 3.63) is 5.01 Å². The van der Waals surface area contributed by atoms with Gasteiger partial charge in [0, 0.05) is 24.8 Å². The molecule has 3 rings (SSSR count). The molecule has 0 saturated heterocycles. The zero-order chi connectivity index (χ0) is 18.2. The average Bonchev–Trinajstić information content (AvgIpc) is 2.96. The van der Waals surface area contributed by atoms with E-state index in [4.69, 9.17) is 0 Å². The molecule has 6 nitrogen and oxygen atoms in total. The first-order chi connectivity index (χ1) is 12.7. The van der Waals surface area contributed by atoms with Crippen molar-refractivity contribution in [1.82, 2.24) is 15.5 Å². The summed E-state index contributed by atoms with van der Waals surface area (Å²) in [6, 6.07) is 0.286. The van der Waals surface area contributed by atoms with Gasteiger partial charge in [0.1, 0.15) is 5.01 Å². The maximum Gasteiger partial charge on any atom is 0.226 e. The Kier molecular flexibility index (Phi) is 7.41. The summed E-state index contributed by atoms with van der Waals surface area (Å²) in [6.45, 7) is 0. The van der Waals surface area contributed by atoms with Crippen LogP contribution in [0.3, 0.4) is 0 Å². The number of rotatable bonds is 6. The molecular formula is C19H30N4O2S. The topological polar surface area (TPSA) is 84.0 Å². The molecule has 2 aliphatic rings. The zero-order valence-corrected chi connectivity index (χ0v) is 16.3. The molecule has 0 spiro atoms. The minimum Gasteiger partial charge on any atom is -0.353 e. The van der Waals surface area contributed by atoms with E-state index in [1.807, 2.05) is 0 Å². The number of nitrogens with zero attached hydrogens (tertiary/aromatic N) is 2. The molecule has 2 N–H and O–H groups in total. The van der Waals surface area contributed by atoms with Crippen molar-refractivity contribution in [2.45, 2.75) is 95.4 Å². The predicted molar refractivity (Wildman–Crippen MR) is 103 cm³/mol. The van der Waals surface area contributed by atoms with E-state index in [2.05, 4.69) is 20.8 Å². The lowest BCUT2D eigenvalue weighted by Crippen LogP contribution is -2.34. The van der Waals surface area contributed by atoms with Crippen molar-refractivity contribution < 1.29 is 9.59 Å². The van der Waals surface area contributed by atoms with E-state index in [9.17, 15) is 9.59 Å². The summed E-state index contributed by atoms with van der Waals surface area (Å²) in [6.07, 6.45) is 13.6. The van der Waals surface area contributed by atoms with Crippen LogP contribution in [0, 0.1) is 0 Å². The number of aromatic nitrogens is 2. The molecule has 1 heterocycles. The Balaban J connectivity index is 1.38. The van der Waals surface area contributed by atoms with Crippen molar-refractivity contribution >= 4 is 28.3 Å². The fourth-order valence-electron chi connectivity index (χ4n) is 3.93. The number of nitrogens with one attached hydrogen (secondary N) is 2. The lowest BCUT2D eigenvalue weighted by molar-refractivity contribution is -0.124.